The Morgan fingerprint density at radius 3 is 2.37 bits per heavy atom. The van der Waals surface area contributed by atoms with Crippen molar-refractivity contribution in [2.45, 2.75) is 33.1 Å². The lowest BCUT2D eigenvalue weighted by atomic mass is 9.85. The molecule has 0 aliphatic rings. The highest BCUT2D eigenvalue weighted by atomic mass is 16.5. The summed E-state index contributed by atoms with van der Waals surface area (Å²) in [5.74, 6) is -0.124. The van der Waals surface area contributed by atoms with Gasteiger partial charge in [0.25, 0.3) is 5.89 Å². The van der Waals surface area contributed by atoms with Gasteiger partial charge in [-0.2, -0.15) is 4.98 Å². The molecule has 0 aliphatic carbocycles. The summed E-state index contributed by atoms with van der Waals surface area (Å²) < 4.78 is 5.37. The highest BCUT2D eigenvalue weighted by molar-refractivity contribution is 5.88. The normalized spacial score (nSPS) is 11.4. The molecule has 0 saturated heterocycles. The van der Waals surface area contributed by atoms with E-state index < -0.39 is 5.97 Å². The predicted octanol–water partition coefficient (Wildman–Crippen LogP) is 4.83. The van der Waals surface area contributed by atoms with Crippen LogP contribution in [0.2, 0.25) is 0 Å². The zero-order chi connectivity index (χ0) is 19.6. The molecule has 1 aromatic heterocycles. The van der Waals surface area contributed by atoms with Crippen molar-refractivity contribution < 1.29 is 14.4 Å². The highest BCUT2D eigenvalue weighted by Gasteiger charge is 2.19. The van der Waals surface area contributed by atoms with Crippen LogP contribution < -0.4 is 5.32 Å². The lowest BCUT2D eigenvalue weighted by Gasteiger charge is -2.23. The van der Waals surface area contributed by atoms with Gasteiger partial charge in [0, 0.05) is 23.4 Å². The fourth-order valence-electron chi connectivity index (χ4n) is 2.89. The van der Waals surface area contributed by atoms with Crippen LogP contribution in [-0.4, -0.2) is 27.8 Å². The average Bonchev–Trinajstić information content (AvgIpc) is 3.11. The van der Waals surface area contributed by atoms with Crippen LogP contribution in [-0.2, 0) is 5.41 Å². The second-order valence-electron chi connectivity index (χ2n) is 7.35. The summed E-state index contributed by atoms with van der Waals surface area (Å²) in [5, 5.41) is 16.5. The van der Waals surface area contributed by atoms with E-state index in [1.165, 1.54) is 17.7 Å². The third kappa shape index (κ3) is 4.00. The third-order valence-corrected chi connectivity index (χ3v) is 4.26. The van der Waals surface area contributed by atoms with E-state index in [-0.39, 0.29) is 11.0 Å². The first kappa shape index (κ1) is 18.6. The van der Waals surface area contributed by atoms with Gasteiger partial charge in [-0.1, -0.05) is 38.1 Å². The fourth-order valence-corrected chi connectivity index (χ4v) is 2.89. The zero-order valence-electron chi connectivity index (χ0n) is 15.9. The monoisotopic (exact) mass is 365 g/mol. The summed E-state index contributed by atoms with van der Waals surface area (Å²) >= 11 is 0. The van der Waals surface area contributed by atoms with Crippen molar-refractivity contribution >= 4 is 11.7 Å². The van der Waals surface area contributed by atoms with Crippen molar-refractivity contribution in [3.8, 4) is 22.8 Å². The van der Waals surface area contributed by atoms with E-state index in [4.69, 9.17) is 9.63 Å². The van der Waals surface area contributed by atoms with Gasteiger partial charge < -0.3 is 14.9 Å². The number of rotatable bonds is 5. The Labute approximate surface area is 158 Å². The molecule has 2 N–H and O–H groups in total. The second-order valence-corrected chi connectivity index (χ2v) is 7.35. The van der Waals surface area contributed by atoms with Crippen LogP contribution in [0.5, 0.6) is 0 Å². The first-order valence-electron chi connectivity index (χ1n) is 8.86. The van der Waals surface area contributed by atoms with E-state index in [0.717, 1.165) is 17.8 Å². The maximum atomic E-state index is 11.0. The Kier molecular flexibility index (Phi) is 4.99. The molecular formula is C21H23N3O3. The summed E-state index contributed by atoms with van der Waals surface area (Å²) in [6.45, 7) is 9.41. The minimum atomic E-state index is -0.970. The van der Waals surface area contributed by atoms with Crippen LogP contribution in [0, 0.1) is 0 Å². The van der Waals surface area contributed by atoms with E-state index >= 15 is 0 Å². The SMILES string of the molecule is CCNc1cc(-c2noc(-c3ccc(C(=O)O)cc3)n2)ccc1C(C)(C)C. The molecule has 0 amide bonds. The Morgan fingerprint density at radius 1 is 1.11 bits per heavy atom. The molecule has 0 radical (unpaired) electrons. The van der Waals surface area contributed by atoms with Crippen LogP contribution in [0.1, 0.15) is 43.6 Å². The quantitative estimate of drug-likeness (QED) is 0.673. The molecule has 0 unspecified atom stereocenters. The van der Waals surface area contributed by atoms with E-state index in [9.17, 15) is 4.79 Å². The number of nitrogens with one attached hydrogen (secondary N) is 1. The van der Waals surface area contributed by atoms with Gasteiger partial charge in [-0.15, -0.1) is 0 Å². The standard InChI is InChI=1S/C21H23N3O3/c1-5-22-17-12-15(10-11-16(17)21(2,3)4)18-23-19(27-24-18)13-6-8-14(9-7-13)20(25)26/h6-12,22H,5H2,1-4H3,(H,25,26). The van der Waals surface area contributed by atoms with Gasteiger partial charge in [0.15, 0.2) is 0 Å². The number of hydrogen-bond donors (Lipinski definition) is 2. The molecule has 6 heteroatoms. The maximum absolute atomic E-state index is 11.0. The minimum Gasteiger partial charge on any atom is -0.478 e. The average molecular weight is 365 g/mol. The topological polar surface area (TPSA) is 88.2 Å². The van der Waals surface area contributed by atoms with Crippen LogP contribution in [0.3, 0.4) is 0 Å². The van der Waals surface area contributed by atoms with Gasteiger partial charge in [-0.25, -0.2) is 4.79 Å². The third-order valence-electron chi connectivity index (χ3n) is 4.26. The molecule has 0 saturated carbocycles. The molecule has 0 fully saturated rings. The lowest BCUT2D eigenvalue weighted by Crippen LogP contribution is -2.15. The summed E-state index contributed by atoms with van der Waals surface area (Å²) in [7, 11) is 0. The summed E-state index contributed by atoms with van der Waals surface area (Å²) in [4.78, 5) is 15.4. The second kappa shape index (κ2) is 7.23. The molecule has 0 bridgehead atoms. The fraction of sp³-hybridized carbons (Fsp3) is 0.286. The number of hydrogen-bond acceptors (Lipinski definition) is 5. The summed E-state index contributed by atoms with van der Waals surface area (Å²) in [5.41, 5.74) is 4.05. The van der Waals surface area contributed by atoms with Gasteiger partial charge in [-0.05, 0) is 48.2 Å². The van der Waals surface area contributed by atoms with Crippen LogP contribution in [0.25, 0.3) is 22.8 Å². The highest BCUT2D eigenvalue weighted by Crippen LogP contribution is 2.33. The lowest BCUT2D eigenvalue weighted by molar-refractivity contribution is 0.0697. The van der Waals surface area contributed by atoms with Gasteiger partial charge in [-0.3, -0.25) is 0 Å². The van der Waals surface area contributed by atoms with Crippen molar-refractivity contribution in [2.24, 2.45) is 0 Å². The maximum Gasteiger partial charge on any atom is 0.335 e. The molecule has 0 spiro atoms. The number of anilines is 1. The Morgan fingerprint density at radius 2 is 1.78 bits per heavy atom. The molecule has 0 atom stereocenters. The molecular weight excluding hydrogens is 342 g/mol. The largest absolute Gasteiger partial charge is 0.478 e. The van der Waals surface area contributed by atoms with E-state index in [2.05, 4.69) is 49.2 Å². The first-order valence-corrected chi connectivity index (χ1v) is 8.86. The predicted molar refractivity (Wildman–Crippen MR) is 105 cm³/mol. The Hall–Kier alpha value is -3.15. The van der Waals surface area contributed by atoms with Crippen molar-refractivity contribution in [2.75, 3.05) is 11.9 Å². The van der Waals surface area contributed by atoms with Gasteiger partial charge in [0.05, 0.1) is 5.56 Å². The van der Waals surface area contributed by atoms with Gasteiger partial charge in [0.1, 0.15) is 0 Å². The molecule has 3 aromatic rings. The van der Waals surface area contributed by atoms with Crippen molar-refractivity contribution in [1.29, 1.82) is 0 Å². The van der Waals surface area contributed by atoms with E-state index in [0.29, 0.717) is 17.3 Å². The number of aromatic carboxylic acids is 1. The molecule has 1 heterocycles. The summed E-state index contributed by atoms with van der Waals surface area (Å²) in [6, 6.07) is 12.5. The molecule has 27 heavy (non-hydrogen) atoms. The summed E-state index contributed by atoms with van der Waals surface area (Å²) in [6.07, 6.45) is 0. The Balaban J connectivity index is 1.94. The van der Waals surface area contributed by atoms with Crippen LogP contribution >= 0.6 is 0 Å². The number of nitrogens with zero attached hydrogens (tertiary/aromatic N) is 2. The molecule has 6 nitrogen and oxygen atoms in total. The molecule has 2 aromatic carbocycles. The van der Waals surface area contributed by atoms with Crippen LogP contribution in [0.15, 0.2) is 47.0 Å². The smallest absolute Gasteiger partial charge is 0.335 e. The number of carboxylic acid groups (broad SMARTS) is 1. The zero-order valence-corrected chi connectivity index (χ0v) is 15.9. The first-order chi connectivity index (χ1) is 12.8. The van der Waals surface area contributed by atoms with E-state index in [1.54, 1.807) is 12.1 Å². The number of carbonyl (C=O) groups is 1. The molecule has 3 rings (SSSR count). The minimum absolute atomic E-state index is 0.0182. The number of benzene rings is 2. The van der Waals surface area contributed by atoms with Gasteiger partial charge >= 0.3 is 5.97 Å². The van der Waals surface area contributed by atoms with Crippen molar-refractivity contribution in [3.05, 3.63) is 53.6 Å². The number of carboxylic acids is 1. The molecule has 0 aliphatic heterocycles. The molecule has 140 valence electrons. The van der Waals surface area contributed by atoms with Crippen molar-refractivity contribution in [3.63, 3.8) is 0 Å². The van der Waals surface area contributed by atoms with Crippen molar-refractivity contribution in [1.82, 2.24) is 10.1 Å². The van der Waals surface area contributed by atoms with Crippen LogP contribution in [0.4, 0.5) is 5.69 Å². The van der Waals surface area contributed by atoms with Gasteiger partial charge in [0.2, 0.25) is 5.82 Å². The van der Waals surface area contributed by atoms with E-state index in [1.807, 2.05) is 12.1 Å². The Bertz CT molecular complexity index is 954. The number of aromatic nitrogens is 2.